The number of hydrogen-bond donors (Lipinski definition) is 0. The van der Waals surface area contributed by atoms with Crippen LogP contribution in [0.2, 0.25) is 10.0 Å². The fraction of sp³-hybridized carbons (Fsp3) is 0.333. The SMILES string of the molecule is ClCCCc1cn(Cc2ccc(Cl)cc2Cl)nn1. The predicted molar refractivity (Wildman–Crippen MR) is 74.6 cm³/mol. The summed E-state index contributed by atoms with van der Waals surface area (Å²) in [5, 5.41) is 9.41. The van der Waals surface area contributed by atoms with E-state index in [0.29, 0.717) is 22.5 Å². The standard InChI is InChI=1S/C12H12Cl3N3/c13-5-1-2-11-8-18(17-16-11)7-9-3-4-10(14)6-12(9)15/h3-4,6,8H,1-2,5,7H2. The highest BCUT2D eigenvalue weighted by atomic mass is 35.5. The van der Waals surface area contributed by atoms with Crippen LogP contribution in [0.3, 0.4) is 0 Å². The highest BCUT2D eigenvalue weighted by Gasteiger charge is 2.05. The van der Waals surface area contributed by atoms with Gasteiger partial charge in [-0.1, -0.05) is 34.5 Å². The Bertz CT molecular complexity index is 525. The van der Waals surface area contributed by atoms with Gasteiger partial charge in [0.2, 0.25) is 0 Å². The van der Waals surface area contributed by atoms with Gasteiger partial charge in [0.05, 0.1) is 12.2 Å². The second kappa shape index (κ2) is 6.41. The van der Waals surface area contributed by atoms with Gasteiger partial charge in [0.15, 0.2) is 0 Å². The molecule has 0 amide bonds. The lowest BCUT2D eigenvalue weighted by atomic mass is 10.2. The molecule has 1 aromatic carbocycles. The zero-order chi connectivity index (χ0) is 13.0. The number of alkyl halides is 1. The van der Waals surface area contributed by atoms with Crippen LogP contribution >= 0.6 is 34.8 Å². The van der Waals surface area contributed by atoms with Gasteiger partial charge >= 0.3 is 0 Å². The van der Waals surface area contributed by atoms with Crippen molar-refractivity contribution in [1.29, 1.82) is 0 Å². The molecule has 0 fully saturated rings. The summed E-state index contributed by atoms with van der Waals surface area (Å²) in [4.78, 5) is 0. The number of aromatic nitrogens is 3. The minimum atomic E-state index is 0.587. The molecule has 0 bridgehead atoms. The summed E-state index contributed by atoms with van der Waals surface area (Å²) in [5.74, 6) is 0.635. The van der Waals surface area contributed by atoms with E-state index in [9.17, 15) is 0 Å². The van der Waals surface area contributed by atoms with Crippen molar-refractivity contribution in [2.24, 2.45) is 0 Å². The molecule has 18 heavy (non-hydrogen) atoms. The molecule has 0 saturated carbocycles. The van der Waals surface area contributed by atoms with Gasteiger partial charge in [-0.2, -0.15) is 0 Å². The van der Waals surface area contributed by atoms with E-state index >= 15 is 0 Å². The summed E-state index contributed by atoms with van der Waals surface area (Å²) >= 11 is 17.6. The smallest absolute Gasteiger partial charge is 0.0827 e. The Morgan fingerprint density at radius 2 is 2.06 bits per heavy atom. The lowest BCUT2D eigenvalue weighted by Gasteiger charge is -2.03. The van der Waals surface area contributed by atoms with Crippen molar-refractivity contribution in [2.75, 3.05) is 5.88 Å². The van der Waals surface area contributed by atoms with Crippen molar-refractivity contribution in [3.05, 3.63) is 45.7 Å². The Morgan fingerprint density at radius 3 is 2.78 bits per heavy atom. The van der Waals surface area contributed by atoms with Gasteiger partial charge in [-0.25, -0.2) is 4.68 Å². The Morgan fingerprint density at radius 1 is 1.22 bits per heavy atom. The van der Waals surface area contributed by atoms with Crippen molar-refractivity contribution in [1.82, 2.24) is 15.0 Å². The lowest BCUT2D eigenvalue weighted by Crippen LogP contribution is -2.01. The lowest BCUT2D eigenvalue weighted by molar-refractivity contribution is 0.649. The highest BCUT2D eigenvalue weighted by molar-refractivity contribution is 6.35. The average Bonchev–Trinajstić information content (AvgIpc) is 2.78. The topological polar surface area (TPSA) is 30.7 Å². The maximum Gasteiger partial charge on any atom is 0.0827 e. The van der Waals surface area contributed by atoms with Gasteiger partial charge < -0.3 is 0 Å². The number of halogens is 3. The summed E-state index contributed by atoms with van der Waals surface area (Å²) in [6.45, 7) is 0.587. The Hall–Kier alpha value is -0.770. The van der Waals surface area contributed by atoms with Crippen molar-refractivity contribution in [3.8, 4) is 0 Å². The molecule has 0 spiro atoms. The van der Waals surface area contributed by atoms with Gasteiger partial charge in [0.25, 0.3) is 0 Å². The molecule has 6 heteroatoms. The second-order valence-electron chi connectivity index (χ2n) is 3.94. The minimum absolute atomic E-state index is 0.587. The normalized spacial score (nSPS) is 10.8. The van der Waals surface area contributed by atoms with Crippen molar-refractivity contribution < 1.29 is 0 Å². The van der Waals surface area contributed by atoms with Gasteiger partial charge in [-0.05, 0) is 30.5 Å². The van der Waals surface area contributed by atoms with Crippen LogP contribution in [-0.4, -0.2) is 20.9 Å². The molecule has 0 unspecified atom stereocenters. The van der Waals surface area contributed by atoms with Gasteiger partial charge in [-0.3, -0.25) is 0 Å². The average molecular weight is 305 g/mol. The molecule has 3 nitrogen and oxygen atoms in total. The van der Waals surface area contributed by atoms with E-state index in [0.717, 1.165) is 24.1 Å². The quantitative estimate of drug-likeness (QED) is 0.787. The molecular formula is C12H12Cl3N3. The first-order chi connectivity index (χ1) is 8.69. The first kappa shape index (κ1) is 13.7. The third-order valence-corrected chi connectivity index (χ3v) is 3.35. The molecule has 96 valence electrons. The molecular weight excluding hydrogens is 293 g/mol. The number of benzene rings is 1. The Labute approximate surface area is 121 Å². The monoisotopic (exact) mass is 303 g/mol. The Balaban J connectivity index is 2.06. The van der Waals surface area contributed by atoms with Crippen LogP contribution in [0.4, 0.5) is 0 Å². The summed E-state index contributed by atoms with van der Waals surface area (Å²) in [5.41, 5.74) is 1.91. The van der Waals surface area contributed by atoms with Gasteiger partial charge in [0.1, 0.15) is 0 Å². The van der Waals surface area contributed by atoms with Crippen molar-refractivity contribution in [2.45, 2.75) is 19.4 Å². The molecule has 0 aliphatic rings. The largest absolute Gasteiger partial charge is 0.248 e. The molecule has 1 heterocycles. The third-order valence-electron chi connectivity index (χ3n) is 2.50. The van der Waals surface area contributed by atoms with E-state index in [2.05, 4.69) is 10.3 Å². The van der Waals surface area contributed by atoms with Gasteiger partial charge in [-0.15, -0.1) is 16.7 Å². The Kier molecular flexibility index (Phi) is 4.87. The highest BCUT2D eigenvalue weighted by Crippen LogP contribution is 2.21. The van der Waals surface area contributed by atoms with Crippen molar-refractivity contribution in [3.63, 3.8) is 0 Å². The molecule has 2 aromatic rings. The zero-order valence-corrected chi connectivity index (χ0v) is 11.9. The van der Waals surface area contributed by atoms with E-state index in [1.165, 1.54) is 0 Å². The molecule has 0 aliphatic heterocycles. The first-order valence-electron chi connectivity index (χ1n) is 5.58. The molecule has 0 N–H and O–H groups in total. The molecule has 0 aliphatic carbocycles. The third kappa shape index (κ3) is 3.61. The van der Waals surface area contributed by atoms with E-state index in [-0.39, 0.29) is 0 Å². The number of hydrogen-bond acceptors (Lipinski definition) is 2. The van der Waals surface area contributed by atoms with Crippen LogP contribution in [0.1, 0.15) is 17.7 Å². The van der Waals surface area contributed by atoms with E-state index in [1.807, 2.05) is 18.3 Å². The molecule has 0 atom stereocenters. The van der Waals surface area contributed by atoms with Crippen molar-refractivity contribution >= 4 is 34.8 Å². The van der Waals surface area contributed by atoms with Crippen LogP contribution in [0.5, 0.6) is 0 Å². The zero-order valence-electron chi connectivity index (χ0n) is 9.61. The van der Waals surface area contributed by atoms with Crippen LogP contribution in [-0.2, 0) is 13.0 Å². The summed E-state index contributed by atoms with van der Waals surface area (Å²) in [7, 11) is 0. The fourth-order valence-electron chi connectivity index (χ4n) is 1.60. The summed E-state index contributed by atoms with van der Waals surface area (Å²) in [6, 6.07) is 5.43. The molecule has 0 saturated heterocycles. The molecule has 0 radical (unpaired) electrons. The first-order valence-corrected chi connectivity index (χ1v) is 6.87. The van der Waals surface area contributed by atoms with Crippen LogP contribution in [0, 0.1) is 0 Å². The maximum atomic E-state index is 6.11. The van der Waals surface area contributed by atoms with Crippen LogP contribution < -0.4 is 0 Å². The van der Waals surface area contributed by atoms with Crippen LogP contribution in [0.25, 0.3) is 0 Å². The van der Waals surface area contributed by atoms with E-state index < -0.39 is 0 Å². The number of aryl methyl sites for hydroxylation is 1. The maximum absolute atomic E-state index is 6.11. The summed E-state index contributed by atoms with van der Waals surface area (Å²) in [6.07, 6.45) is 3.66. The second-order valence-corrected chi connectivity index (χ2v) is 5.16. The minimum Gasteiger partial charge on any atom is -0.248 e. The van der Waals surface area contributed by atoms with E-state index in [4.69, 9.17) is 34.8 Å². The van der Waals surface area contributed by atoms with E-state index in [1.54, 1.807) is 10.7 Å². The molecule has 1 aromatic heterocycles. The van der Waals surface area contributed by atoms with Crippen LogP contribution in [0.15, 0.2) is 24.4 Å². The molecule has 2 rings (SSSR count). The summed E-state index contributed by atoms with van der Waals surface area (Å²) < 4.78 is 1.76. The fourth-order valence-corrected chi connectivity index (χ4v) is 2.20. The number of rotatable bonds is 5. The van der Waals surface area contributed by atoms with Gasteiger partial charge in [0, 0.05) is 22.1 Å². The predicted octanol–water partition coefficient (Wildman–Crippen LogP) is 3.80. The number of nitrogens with zero attached hydrogens (tertiary/aromatic N) is 3.